The van der Waals surface area contributed by atoms with Crippen LogP contribution in [0.15, 0.2) is 29.0 Å². The van der Waals surface area contributed by atoms with Crippen LogP contribution >= 0.6 is 0 Å². The van der Waals surface area contributed by atoms with Gasteiger partial charge in [0, 0.05) is 48.7 Å². The predicted molar refractivity (Wildman–Crippen MR) is 257 cm³/mol. The summed E-state index contributed by atoms with van der Waals surface area (Å²) in [5.74, 6) is -7.48. The number of oxime groups is 1. The zero-order chi connectivity index (χ0) is 52.2. The summed E-state index contributed by atoms with van der Waals surface area (Å²) >= 11 is 0. The van der Waals surface area contributed by atoms with E-state index in [-0.39, 0.29) is 74.4 Å². The molecule has 16 nitrogen and oxygen atoms in total. The van der Waals surface area contributed by atoms with Crippen LogP contribution in [0.1, 0.15) is 121 Å². The van der Waals surface area contributed by atoms with Crippen LogP contribution in [-0.4, -0.2) is 155 Å². The Morgan fingerprint density at radius 3 is 2.26 bits per heavy atom. The van der Waals surface area contributed by atoms with Crippen molar-refractivity contribution in [3.05, 3.63) is 23.8 Å². The molecule has 3 unspecified atom stereocenters. The Morgan fingerprint density at radius 2 is 1.63 bits per heavy atom. The molecule has 0 radical (unpaired) electrons. The lowest BCUT2D eigenvalue weighted by atomic mass is 9.46. The molecule has 0 spiro atoms. The number of cyclic esters (lactones) is 1. The Labute approximate surface area is 414 Å². The highest BCUT2D eigenvalue weighted by molar-refractivity contribution is 6.00. The van der Waals surface area contributed by atoms with Crippen molar-refractivity contribution < 1.29 is 72.5 Å². The first-order chi connectivity index (χ1) is 32.5. The van der Waals surface area contributed by atoms with Gasteiger partial charge in [0.2, 0.25) is 0 Å². The average molecular weight is 991 g/mol. The monoisotopic (exact) mass is 991 g/mol. The van der Waals surface area contributed by atoms with Crippen LogP contribution in [0.2, 0.25) is 0 Å². The van der Waals surface area contributed by atoms with Crippen molar-refractivity contribution in [2.24, 2.45) is 63.3 Å². The van der Waals surface area contributed by atoms with Crippen molar-refractivity contribution >= 4 is 29.2 Å². The van der Waals surface area contributed by atoms with Crippen molar-refractivity contribution in [2.45, 2.75) is 187 Å². The molecule has 4 N–H and O–H groups in total. The van der Waals surface area contributed by atoms with Crippen LogP contribution in [0, 0.1) is 58.2 Å². The standard InChI is InChI=1S/C53H83FN2O14/c1-15-39-52(11,64)44(61)30(5)41(28(3)25-51(10,65-14)45(31(6)42(59)32(7)46(62)69-39)70-48-43(60)37(56(12)13)23-29(4)68-48)55-67-21-20-66-47(63)40-27(2)22-36-35-17-16-33-24-34(57)18-19-50(33,9)53(35,54)38(58)26-49(36,40)8/h16,18-19,27-32,35-40,43-45,48,58,60-61,64H,15,17,20-26H2,1-14H3/t27-,28+,29+,30-,31-,32+,35?,36?,37-,38-,39-,40+,43+,44+,45+,48-,49-,50-,51+,52?,53-/m0/s1. The number of carbonyl (C=O) groups is 4. The molecule has 2 saturated heterocycles. The van der Waals surface area contributed by atoms with Gasteiger partial charge in [0.25, 0.3) is 0 Å². The first kappa shape index (κ1) is 56.1. The Hall–Kier alpha value is -3.16. The normalized spacial score (nSPS) is 47.7. The highest BCUT2D eigenvalue weighted by Gasteiger charge is 2.71. The molecular weight excluding hydrogens is 908 g/mol. The lowest BCUT2D eigenvalue weighted by Gasteiger charge is -2.61. The molecule has 2 saturated carbocycles. The Morgan fingerprint density at radius 1 is 0.957 bits per heavy atom. The average Bonchev–Trinajstić information content (AvgIpc) is 3.56. The van der Waals surface area contributed by atoms with Crippen molar-refractivity contribution in [1.29, 1.82) is 0 Å². The number of nitrogens with zero attached hydrogens (tertiary/aromatic N) is 2. The van der Waals surface area contributed by atoms with Gasteiger partial charge in [-0.3, -0.25) is 19.2 Å². The molecule has 0 bridgehead atoms. The minimum absolute atomic E-state index is 0.0474. The number of halogens is 1. The fourth-order valence-corrected chi connectivity index (χ4v) is 14.0. The highest BCUT2D eigenvalue weighted by atomic mass is 19.1. The van der Waals surface area contributed by atoms with Gasteiger partial charge in [-0.1, -0.05) is 64.4 Å². The number of esters is 2. The number of methoxy groups -OCH3 is 1. The molecule has 0 aromatic heterocycles. The molecule has 4 aliphatic carbocycles. The van der Waals surface area contributed by atoms with E-state index >= 15 is 4.39 Å². The first-order valence-electron chi connectivity index (χ1n) is 25.6. The molecule has 70 heavy (non-hydrogen) atoms. The molecule has 21 atom stereocenters. The molecule has 0 amide bonds. The van der Waals surface area contributed by atoms with Crippen LogP contribution in [-0.2, 0) is 47.7 Å². The van der Waals surface area contributed by atoms with Gasteiger partial charge in [-0.25, -0.2) is 4.39 Å². The number of ketones is 2. The van der Waals surface area contributed by atoms with E-state index in [0.717, 1.165) is 0 Å². The number of alkyl halides is 1. The molecular formula is C53H83FN2O14. The van der Waals surface area contributed by atoms with Crippen LogP contribution in [0.25, 0.3) is 0 Å². The highest BCUT2D eigenvalue weighted by Crippen LogP contribution is 2.69. The maximum absolute atomic E-state index is 17.7. The summed E-state index contributed by atoms with van der Waals surface area (Å²) in [7, 11) is 5.17. The minimum Gasteiger partial charge on any atom is -0.462 e. The van der Waals surface area contributed by atoms with Gasteiger partial charge >= 0.3 is 11.9 Å². The van der Waals surface area contributed by atoms with E-state index in [1.165, 1.54) is 27.0 Å². The Bertz CT molecular complexity index is 2050. The molecule has 396 valence electrons. The van der Waals surface area contributed by atoms with Gasteiger partial charge in [0.05, 0.1) is 41.6 Å². The van der Waals surface area contributed by atoms with Gasteiger partial charge in [0.1, 0.15) is 30.3 Å². The van der Waals surface area contributed by atoms with E-state index in [9.17, 15) is 39.6 Å². The number of aliphatic hydroxyl groups is 4. The van der Waals surface area contributed by atoms with Gasteiger partial charge in [-0.15, -0.1) is 0 Å². The number of fused-ring (bicyclic) bond motifs is 5. The van der Waals surface area contributed by atoms with Gasteiger partial charge in [0.15, 0.2) is 30.1 Å². The van der Waals surface area contributed by atoms with E-state index in [1.807, 2.05) is 52.8 Å². The summed E-state index contributed by atoms with van der Waals surface area (Å²) in [4.78, 5) is 62.3. The Balaban J connectivity index is 1.24. The molecule has 4 fully saturated rings. The number of ether oxygens (including phenoxy) is 5. The summed E-state index contributed by atoms with van der Waals surface area (Å²) < 4.78 is 48.5. The van der Waals surface area contributed by atoms with Crippen LogP contribution < -0.4 is 0 Å². The number of rotatable bonds is 10. The molecule has 0 aromatic carbocycles. The second kappa shape index (κ2) is 21.0. The van der Waals surface area contributed by atoms with Crippen LogP contribution in [0.5, 0.6) is 0 Å². The van der Waals surface area contributed by atoms with E-state index in [1.54, 1.807) is 40.7 Å². The molecule has 6 aliphatic rings. The number of likely N-dealkylation sites (N-methyl/N-ethyl adjacent to an activating group) is 1. The molecule has 6 rings (SSSR count). The molecule has 2 aliphatic heterocycles. The molecule has 17 heteroatoms. The van der Waals surface area contributed by atoms with Gasteiger partial charge in [-0.05, 0) is 111 Å². The Kier molecular flexibility index (Phi) is 16.8. The zero-order valence-corrected chi connectivity index (χ0v) is 44.0. The number of allylic oxidation sites excluding steroid dienone is 4. The first-order valence-corrected chi connectivity index (χ1v) is 25.6. The van der Waals surface area contributed by atoms with E-state index in [4.69, 9.17) is 28.5 Å². The van der Waals surface area contributed by atoms with Crippen molar-refractivity contribution in [3.63, 3.8) is 0 Å². The predicted octanol–water partition coefficient (Wildman–Crippen LogP) is 5.30. The second-order valence-corrected chi connectivity index (χ2v) is 23.0. The third-order valence-corrected chi connectivity index (χ3v) is 18.1. The fraction of sp³-hybridized carbons (Fsp3) is 0.830. The topological polar surface area (TPSA) is 220 Å². The summed E-state index contributed by atoms with van der Waals surface area (Å²) in [5, 5.41) is 51.8. The summed E-state index contributed by atoms with van der Waals surface area (Å²) in [6.45, 7) is 18.5. The van der Waals surface area contributed by atoms with E-state index < -0.39 is 118 Å². The number of hydrogen-bond acceptors (Lipinski definition) is 16. The largest absolute Gasteiger partial charge is 0.462 e. The van der Waals surface area contributed by atoms with E-state index in [0.29, 0.717) is 24.8 Å². The second-order valence-electron chi connectivity index (χ2n) is 23.0. The quantitative estimate of drug-likeness (QED) is 0.0718. The lowest BCUT2D eigenvalue weighted by molar-refractivity contribution is -0.295. The summed E-state index contributed by atoms with van der Waals surface area (Å²) in [6, 6.07) is -0.329. The molecule has 0 aromatic rings. The number of carbonyl (C=O) groups excluding carboxylic acids is 4. The fourth-order valence-electron chi connectivity index (χ4n) is 14.0. The van der Waals surface area contributed by atoms with Crippen LogP contribution in [0.4, 0.5) is 4.39 Å². The number of Topliss-reactive ketones (excluding diaryl/α,β-unsaturated/α-hetero) is 1. The maximum atomic E-state index is 17.7. The third-order valence-electron chi connectivity index (χ3n) is 18.1. The lowest BCUT2D eigenvalue weighted by Crippen LogP contribution is -2.66. The van der Waals surface area contributed by atoms with Gasteiger partial charge < -0.3 is 53.8 Å². The number of aliphatic hydroxyl groups excluding tert-OH is 3. The van der Waals surface area contributed by atoms with Crippen molar-refractivity contribution in [3.8, 4) is 0 Å². The smallest absolute Gasteiger partial charge is 0.316 e. The summed E-state index contributed by atoms with van der Waals surface area (Å²) in [5.41, 5.74) is -6.32. The van der Waals surface area contributed by atoms with E-state index in [2.05, 4.69) is 5.16 Å². The van der Waals surface area contributed by atoms with Gasteiger partial charge in [-0.2, -0.15) is 0 Å². The van der Waals surface area contributed by atoms with Crippen molar-refractivity contribution in [2.75, 3.05) is 34.4 Å². The SMILES string of the molecule is CC[C@@H]1OC(=O)[C@H](C)C(=O)[C@H](C)[C@@H](O[C@@H]2O[C@H](C)C[C@H](N(C)C)[C@H]2O)[C@](C)(OC)C[C@@H](C)C(=NOCCOC(=O)[C@H]2[C@@H](C)CC3C4CC=C5CC(=O)C=C[C@]5(C)[C@@]4(F)[C@@H](O)C[C@@]32C)[C@H](C)[C@@H](O)C1(C)O. The summed E-state index contributed by atoms with van der Waals surface area (Å²) in [6.07, 6.45) is -1.06. The number of hydrogen-bond donors (Lipinski definition) is 4. The van der Waals surface area contributed by atoms with Crippen LogP contribution in [0.3, 0.4) is 0 Å². The maximum Gasteiger partial charge on any atom is 0.316 e. The van der Waals surface area contributed by atoms with Crippen molar-refractivity contribution in [1.82, 2.24) is 4.90 Å². The molecule has 2 heterocycles. The zero-order valence-electron chi connectivity index (χ0n) is 44.0. The third kappa shape index (κ3) is 9.84. The minimum atomic E-state index is -2.02.